The minimum atomic E-state index is 0. The van der Waals surface area contributed by atoms with Gasteiger partial charge in [0, 0.05) is 0 Å². The summed E-state index contributed by atoms with van der Waals surface area (Å²) in [5, 5.41) is 2.79. The van der Waals surface area contributed by atoms with Crippen LogP contribution >= 0.6 is 23.1 Å². The molecule has 1 aliphatic rings. The number of nitrogens with zero attached hydrogens (tertiary/aromatic N) is 1. The van der Waals surface area contributed by atoms with Crippen molar-refractivity contribution < 1.29 is 26.3 Å². The van der Waals surface area contributed by atoms with Crippen LogP contribution in [-0.2, 0) is 11.3 Å². The van der Waals surface area contributed by atoms with Crippen LogP contribution in [0.25, 0.3) is 0 Å². The highest BCUT2D eigenvalue weighted by Crippen LogP contribution is 2.31. The summed E-state index contributed by atoms with van der Waals surface area (Å²) in [5.41, 5.74) is 2.65. The molecule has 1 fully saturated rings. The number of aromatic nitrogens is 1. The second-order valence-electron chi connectivity index (χ2n) is 8.48. The molecule has 0 aliphatic carbocycles. The average molecular weight is 507 g/mol. The molecule has 1 aromatic rings. The van der Waals surface area contributed by atoms with Crippen LogP contribution in [-0.4, -0.2) is 17.3 Å². The van der Waals surface area contributed by atoms with Gasteiger partial charge in [-0.1, -0.05) is 108 Å². The van der Waals surface area contributed by atoms with Gasteiger partial charge in [-0.3, -0.25) is 0 Å². The van der Waals surface area contributed by atoms with Crippen molar-refractivity contribution in [2.24, 2.45) is 0 Å². The van der Waals surface area contributed by atoms with Gasteiger partial charge in [0.25, 0.3) is 0 Å². The Hall–Kier alpha value is 0.420. The Bertz CT molecular complexity index is 458. The zero-order chi connectivity index (χ0) is 19.7. The molecule has 29 heavy (non-hydrogen) atoms. The van der Waals surface area contributed by atoms with Crippen LogP contribution in [0.3, 0.4) is 0 Å². The summed E-state index contributed by atoms with van der Waals surface area (Å²) in [6.45, 7) is 4.32. The van der Waals surface area contributed by atoms with Gasteiger partial charge < -0.3 is 21.7 Å². The third kappa shape index (κ3) is 14.2. The normalized spacial score (nSPS) is 18.8. The number of hydrogen-bond acceptors (Lipinski definition) is 3. The first-order valence-electron chi connectivity index (χ1n) is 12.1. The van der Waals surface area contributed by atoms with E-state index in [1.807, 2.05) is 0 Å². The molecule has 0 spiro atoms. The van der Waals surface area contributed by atoms with Gasteiger partial charge in [-0.2, -0.15) is 4.57 Å². The summed E-state index contributed by atoms with van der Waals surface area (Å²) in [6, 6.07) is 0. The van der Waals surface area contributed by atoms with Crippen LogP contribution in [0.15, 0.2) is 17.1 Å². The molecule has 0 aromatic carbocycles. The van der Waals surface area contributed by atoms with Crippen molar-refractivity contribution in [1.82, 2.24) is 0 Å². The van der Waals surface area contributed by atoms with Crippen molar-refractivity contribution >= 4 is 23.1 Å². The highest BCUT2D eigenvalue weighted by atomic mass is 79.9. The number of rotatable bonds is 18. The number of halogens is 1. The first-order valence-corrected chi connectivity index (χ1v) is 14.0. The van der Waals surface area contributed by atoms with Gasteiger partial charge in [0.15, 0.2) is 12.7 Å². The predicted molar refractivity (Wildman–Crippen MR) is 125 cm³/mol. The van der Waals surface area contributed by atoms with Crippen molar-refractivity contribution in [2.45, 2.75) is 127 Å². The Morgan fingerprint density at radius 2 is 1.38 bits per heavy atom. The first kappa shape index (κ1) is 27.5. The molecule has 2 nitrogen and oxygen atoms in total. The summed E-state index contributed by atoms with van der Waals surface area (Å²) in [5.74, 6) is 0. The fourth-order valence-electron chi connectivity index (χ4n) is 4.04. The molecule has 1 saturated heterocycles. The van der Waals surface area contributed by atoms with Gasteiger partial charge in [-0.15, -0.1) is 11.8 Å². The molecule has 0 radical (unpaired) electrons. The van der Waals surface area contributed by atoms with Crippen LogP contribution < -0.4 is 21.5 Å². The number of ether oxygens (including phenoxy) is 1. The van der Waals surface area contributed by atoms with E-state index in [0.29, 0.717) is 10.7 Å². The standard InChI is InChI=1S/C24H44NOS2.BrH/c1-2-3-4-5-6-7-8-9-10-11-12-13-14-15-16-17-24-26-21-23(28-24)20-25-18-19-27-22-25;/h18-19,22-24H,2-17,20-21H2,1H3;1H/q+1;/p-1. The molecule has 0 N–H and O–H groups in total. The molecule has 2 heterocycles. The third-order valence-corrected chi connectivity index (χ3v) is 7.81. The molecule has 1 aromatic heterocycles. The number of thiazole rings is 1. The molecule has 1 aliphatic heterocycles. The topological polar surface area (TPSA) is 13.1 Å². The van der Waals surface area contributed by atoms with Gasteiger partial charge in [0.05, 0.1) is 17.2 Å². The lowest BCUT2D eigenvalue weighted by molar-refractivity contribution is -0.691. The van der Waals surface area contributed by atoms with Gasteiger partial charge >= 0.3 is 0 Å². The van der Waals surface area contributed by atoms with E-state index in [4.69, 9.17) is 4.74 Å². The largest absolute Gasteiger partial charge is 1.00 e. The molecule has 2 unspecified atom stereocenters. The Morgan fingerprint density at radius 1 is 0.828 bits per heavy atom. The Morgan fingerprint density at radius 3 is 1.90 bits per heavy atom. The van der Waals surface area contributed by atoms with E-state index in [1.54, 1.807) is 11.3 Å². The van der Waals surface area contributed by atoms with E-state index in [-0.39, 0.29) is 17.0 Å². The van der Waals surface area contributed by atoms with E-state index >= 15 is 0 Å². The number of hydrogen-bond donors (Lipinski definition) is 0. The van der Waals surface area contributed by atoms with Gasteiger partial charge in [-0.25, -0.2) is 0 Å². The van der Waals surface area contributed by atoms with E-state index in [2.05, 4.69) is 40.3 Å². The second-order valence-corrected chi connectivity index (χ2v) is 10.7. The average Bonchev–Trinajstić information content (AvgIpc) is 3.37. The maximum Gasteiger partial charge on any atom is 0.224 e. The van der Waals surface area contributed by atoms with E-state index < -0.39 is 0 Å². The third-order valence-electron chi connectivity index (χ3n) is 5.80. The molecule has 5 heteroatoms. The molecular weight excluding hydrogens is 462 g/mol. The van der Waals surface area contributed by atoms with Crippen LogP contribution in [0, 0.1) is 0 Å². The highest BCUT2D eigenvalue weighted by Gasteiger charge is 2.28. The summed E-state index contributed by atoms with van der Waals surface area (Å²) in [4.78, 5) is 0. The lowest BCUT2D eigenvalue weighted by Gasteiger charge is -2.08. The molecule has 0 amide bonds. The fourth-order valence-corrected chi connectivity index (χ4v) is 5.95. The molecule has 2 rings (SSSR count). The van der Waals surface area contributed by atoms with E-state index in [9.17, 15) is 0 Å². The fraction of sp³-hybridized carbons (Fsp3) is 0.875. The SMILES string of the molecule is CCCCCCCCCCCCCCCCCC1OCC(C[n+]2ccsc2)S1.[Br-]. The Kier molecular flexibility index (Phi) is 18.1. The van der Waals surface area contributed by atoms with Crippen molar-refractivity contribution in [3.8, 4) is 0 Å². The smallest absolute Gasteiger partial charge is 0.224 e. The predicted octanol–water partition coefficient (Wildman–Crippen LogP) is 4.76. The summed E-state index contributed by atoms with van der Waals surface area (Å²) in [7, 11) is 0. The highest BCUT2D eigenvalue weighted by molar-refractivity contribution is 8.00. The molecule has 2 atom stereocenters. The quantitative estimate of drug-likeness (QED) is 0.210. The van der Waals surface area contributed by atoms with Crippen LogP contribution in [0.2, 0.25) is 0 Å². The monoisotopic (exact) mass is 505 g/mol. The maximum atomic E-state index is 5.99. The maximum absolute atomic E-state index is 5.99. The van der Waals surface area contributed by atoms with E-state index in [1.165, 1.54) is 103 Å². The van der Waals surface area contributed by atoms with Crippen molar-refractivity contribution in [3.05, 3.63) is 17.1 Å². The van der Waals surface area contributed by atoms with Crippen LogP contribution in [0.5, 0.6) is 0 Å². The van der Waals surface area contributed by atoms with Crippen molar-refractivity contribution in [1.29, 1.82) is 0 Å². The molecule has 0 saturated carbocycles. The van der Waals surface area contributed by atoms with Gasteiger partial charge in [0.1, 0.15) is 5.44 Å². The number of unbranched alkanes of at least 4 members (excludes halogenated alkanes) is 14. The molecule has 0 bridgehead atoms. The minimum absolute atomic E-state index is 0. The van der Waals surface area contributed by atoms with Crippen LogP contribution in [0.4, 0.5) is 0 Å². The lowest BCUT2D eigenvalue weighted by atomic mass is 10.0. The minimum Gasteiger partial charge on any atom is -1.00 e. The van der Waals surface area contributed by atoms with Crippen molar-refractivity contribution in [2.75, 3.05) is 6.61 Å². The summed E-state index contributed by atoms with van der Waals surface area (Å²) >= 11 is 3.83. The second kappa shape index (κ2) is 19.1. The molecule has 170 valence electrons. The number of thioether (sulfide) groups is 1. The molecular formula is C24H44BrNOS2. The lowest BCUT2D eigenvalue weighted by Crippen LogP contribution is -3.00. The summed E-state index contributed by atoms with van der Waals surface area (Å²) < 4.78 is 8.28. The van der Waals surface area contributed by atoms with Gasteiger partial charge in [-0.05, 0) is 12.8 Å². The van der Waals surface area contributed by atoms with Crippen molar-refractivity contribution in [3.63, 3.8) is 0 Å². The Balaban J connectivity index is 0.00000420. The Labute approximate surface area is 199 Å². The zero-order valence-corrected chi connectivity index (χ0v) is 21.9. The van der Waals surface area contributed by atoms with Gasteiger partial charge in [0.2, 0.25) is 5.51 Å². The zero-order valence-electron chi connectivity index (χ0n) is 18.7. The van der Waals surface area contributed by atoms with E-state index in [0.717, 1.165) is 13.2 Å². The summed E-state index contributed by atoms with van der Waals surface area (Å²) in [6.07, 6.45) is 25.0. The first-order chi connectivity index (χ1) is 13.9. The van der Waals surface area contributed by atoms with Crippen LogP contribution in [0.1, 0.15) is 110 Å².